The largest absolute Gasteiger partial charge is 0.480 e. The zero-order valence-electron chi connectivity index (χ0n) is 8.20. The number of nitrogens with zero attached hydrogens (tertiary/aromatic N) is 1. The number of nitrogens with two attached hydrogens (primary N) is 1. The molecule has 1 unspecified atom stereocenters. The molecule has 0 amide bonds. The highest BCUT2D eigenvalue weighted by Crippen LogP contribution is 2.13. The molecule has 0 saturated carbocycles. The van der Waals surface area contributed by atoms with E-state index in [0.29, 0.717) is 11.3 Å². The maximum absolute atomic E-state index is 10.5. The SMILES string of the molecule is NC(Cc1ccc(N=S(=O)=O)cc1)C(=O)O. The Labute approximate surface area is 93.4 Å². The van der Waals surface area contributed by atoms with Crippen LogP contribution in [0.1, 0.15) is 5.56 Å². The van der Waals surface area contributed by atoms with Crippen molar-refractivity contribution in [1.29, 1.82) is 0 Å². The summed E-state index contributed by atoms with van der Waals surface area (Å²) in [6, 6.07) is 5.19. The molecule has 7 heteroatoms. The molecular weight excluding hydrogens is 232 g/mol. The molecule has 0 aromatic heterocycles. The molecule has 86 valence electrons. The summed E-state index contributed by atoms with van der Waals surface area (Å²) in [5.41, 5.74) is 6.35. The smallest absolute Gasteiger partial charge is 0.320 e. The van der Waals surface area contributed by atoms with Crippen LogP contribution in [-0.4, -0.2) is 25.5 Å². The van der Waals surface area contributed by atoms with Gasteiger partial charge in [-0.1, -0.05) is 12.1 Å². The van der Waals surface area contributed by atoms with Gasteiger partial charge in [0.05, 0.1) is 5.69 Å². The minimum absolute atomic E-state index is 0.191. The Balaban J connectivity index is 2.79. The third-order valence-electron chi connectivity index (χ3n) is 1.89. The van der Waals surface area contributed by atoms with E-state index in [9.17, 15) is 13.2 Å². The normalized spacial score (nSPS) is 11.8. The predicted octanol–water partition coefficient (Wildman–Crippen LogP) is 0.335. The first-order valence-electron chi connectivity index (χ1n) is 4.37. The quantitative estimate of drug-likeness (QED) is 0.790. The molecule has 16 heavy (non-hydrogen) atoms. The number of hydrogen-bond donors (Lipinski definition) is 2. The molecule has 1 aromatic carbocycles. The van der Waals surface area contributed by atoms with E-state index >= 15 is 0 Å². The van der Waals surface area contributed by atoms with Crippen molar-refractivity contribution < 1.29 is 18.3 Å². The number of carboxylic acids is 1. The number of aliphatic carboxylic acids is 1. The van der Waals surface area contributed by atoms with Gasteiger partial charge in [-0.15, -0.1) is 4.36 Å². The van der Waals surface area contributed by atoms with E-state index in [1.807, 2.05) is 0 Å². The van der Waals surface area contributed by atoms with Gasteiger partial charge < -0.3 is 10.8 Å². The van der Waals surface area contributed by atoms with E-state index in [0.717, 1.165) is 0 Å². The molecule has 0 saturated heterocycles. The number of rotatable bonds is 4. The van der Waals surface area contributed by atoms with E-state index in [1.54, 1.807) is 12.1 Å². The zero-order valence-corrected chi connectivity index (χ0v) is 9.02. The standard InChI is InChI=1S/C9H10N2O4S/c10-8(9(12)13)5-6-1-3-7(4-2-6)11-16(14)15/h1-4,8H,5,10H2,(H,12,13). The summed E-state index contributed by atoms with van der Waals surface area (Å²) in [5.74, 6) is -1.07. The fourth-order valence-electron chi connectivity index (χ4n) is 1.12. The summed E-state index contributed by atoms with van der Waals surface area (Å²) in [6.45, 7) is 0. The van der Waals surface area contributed by atoms with Crippen molar-refractivity contribution in [3.8, 4) is 0 Å². The Bertz CT molecular complexity index is 499. The molecule has 0 aliphatic carbocycles. The summed E-state index contributed by atoms with van der Waals surface area (Å²) in [6.07, 6.45) is 0.191. The number of carbonyl (C=O) groups is 1. The fourth-order valence-corrected chi connectivity index (χ4v) is 1.41. The van der Waals surface area contributed by atoms with Crippen LogP contribution in [0.5, 0.6) is 0 Å². The molecule has 0 aliphatic rings. The lowest BCUT2D eigenvalue weighted by atomic mass is 10.1. The maximum Gasteiger partial charge on any atom is 0.320 e. The van der Waals surface area contributed by atoms with Crippen molar-refractivity contribution in [3.63, 3.8) is 0 Å². The van der Waals surface area contributed by atoms with Gasteiger partial charge in [0, 0.05) is 0 Å². The second-order valence-corrected chi connectivity index (χ2v) is 3.74. The molecular formula is C9H10N2O4S. The minimum Gasteiger partial charge on any atom is -0.480 e. The molecule has 0 aliphatic heterocycles. The Hall–Kier alpha value is -1.73. The van der Waals surface area contributed by atoms with Crippen LogP contribution in [0, 0.1) is 0 Å². The van der Waals surface area contributed by atoms with Crippen LogP contribution in [0.4, 0.5) is 5.69 Å². The van der Waals surface area contributed by atoms with E-state index < -0.39 is 22.5 Å². The van der Waals surface area contributed by atoms with Gasteiger partial charge in [-0.3, -0.25) is 4.79 Å². The van der Waals surface area contributed by atoms with Crippen LogP contribution >= 0.6 is 0 Å². The Morgan fingerprint density at radius 1 is 1.38 bits per heavy atom. The van der Waals surface area contributed by atoms with Gasteiger partial charge >= 0.3 is 16.5 Å². The first-order chi connectivity index (χ1) is 7.49. The molecule has 0 heterocycles. The van der Waals surface area contributed by atoms with Gasteiger partial charge in [0.2, 0.25) is 0 Å². The highest BCUT2D eigenvalue weighted by Gasteiger charge is 2.11. The lowest BCUT2D eigenvalue weighted by molar-refractivity contribution is -0.138. The van der Waals surface area contributed by atoms with Gasteiger partial charge in [-0.2, -0.15) is 8.42 Å². The van der Waals surface area contributed by atoms with E-state index in [-0.39, 0.29) is 6.42 Å². The molecule has 0 spiro atoms. The Morgan fingerprint density at radius 2 is 1.94 bits per heavy atom. The molecule has 1 rings (SSSR count). The Kier molecular flexibility index (Phi) is 4.15. The van der Waals surface area contributed by atoms with Crippen LogP contribution in [0.25, 0.3) is 0 Å². The average molecular weight is 242 g/mol. The topological polar surface area (TPSA) is 110 Å². The summed E-state index contributed by atoms with van der Waals surface area (Å²) in [5, 5.41) is 8.59. The second kappa shape index (κ2) is 5.38. The highest BCUT2D eigenvalue weighted by molar-refractivity contribution is 7.61. The molecule has 1 atom stereocenters. The fraction of sp³-hybridized carbons (Fsp3) is 0.222. The van der Waals surface area contributed by atoms with Crippen molar-refractivity contribution in [3.05, 3.63) is 29.8 Å². The summed E-state index contributed by atoms with van der Waals surface area (Å²) >= 11 is 0. The molecule has 1 aromatic rings. The van der Waals surface area contributed by atoms with E-state index in [1.165, 1.54) is 12.1 Å². The van der Waals surface area contributed by atoms with Crippen LogP contribution < -0.4 is 5.73 Å². The lowest BCUT2D eigenvalue weighted by Gasteiger charge is -2.05. The van der Waals surface area contributed by atoms with E-state index in [4.69, 9.17) is 10.8 Å². The molecule has 0 fully saturated rings. The van der Waals surface area contributed by atoms with Gasteiger partial charge in [0.1, 0.15) is 6.04 Å². The monoisotopic (exact) mass is 242 g/mol. The van der Waals surface area contributed by atoms with Gasteiger partial charge in [-0.25, -0.2) is 0 Å². The first-order valence-corrected chi connectivity index (χ1v) is 5.40. The van der Waals surface area contributed by atoms with Crippen LogP contribution in [-0.2, 0) is 21.7 Å². The maximum atomic E-state index is 10.5. The molecule has 3 N–H and O–H groups in total. The van der Waals surface area contributed by atoms with Crippen molar-refractivity contribution in [2.24, 2.45) is 10.1 Å². The summed E-state index contributed by atoms with van der Waals surface area (Å²) < 4.78 is 23.8. The Morgan fingerprint density at radius 3 is 2.38 bits per heavy atom. The predicted molar refractivity (Wildman–Crippen MR) is 56.8 cm³/mol. The molecule has 0 bridgehead atoms. The lowest BCUT2D eigenvalue weighted by Crippen LogP contribution is -2.32. The number of benzene rings is 1. The first kappa shape index (κ1) is 12.3. The average Bonchev–Trinajstić information content (AvgIpc) is 2.20. The van der Waals surface area contributed by atoms with Crippen molar-refractivity contribution in [1.82, 2.24) is 0 Å². The molecule has 0 radical (unpaired) electrons. The van der Waals surface area contributed by atoms with Gasteiger partial charge in [0.25, 0.3) is 0 Å². The second-order valence-electron chi connectivity index (χ2n) is 3.12. The van der Waals surface area contributed by atoms with Crippen molar-refractivity contribution in [2.75, 3.05) is 0 Å². The summed E-state index contributed by atoms with van der Waals surface area (Å²) in [4.78, 5) is 10.5. The van der Waals surface area contributed by atoms with E-state index in [2.05, 4.69) is 4.36 Å². The third-order valence-corrected chi connectivity index (χ3v) is 2.25. The zero-order chi connectivity index (χ0) is 12.1. The van der Waals surface area contributed by atoms with Gasteiger partial charge in [-0.05, 0) is 24.1 Å². The molecule has 6 nitrogen and oxygen atoms in total. The third kappa shape index (κ3) is 3.79. The minimum atomic E-state index is -2.49. The highest BCUT2D eigenvalue weighted by atomic mass is 32.2. The van der Waals surface area contributed by atoms with Crippen molar-refractivity contribution >= 4 is 22.2 Å². The number of carboxylic acid groups (broad SMARTS) is 1. The number of hydrogen-bond acceptors (Lipinski definition) is 5. The summed E-state index contributed by atoms with van der Waals surface area (Å²) in [7, 11) is -2.49. The van der Waals surface area contributed by atoms with Crippen LogP contribution in [0.15, 0.2) is 28.6 Å². The van der Waals surface area contributed by atoms with Gasteiger partial charge in [0.15, 0.2) is 0 Å². The van der Waals surface area contributed by atoms with Crippen LogP contribution in [0.3, 0.4) is 0 Å². The van der Waals surface area contributed by atoms with Crippen molar-refractivity contribution in [2.45, 2.75) is 12.5 Å². The van der Waals surface area contributed by atoms with Crippen LogP contribution in [0.2, 0.25) is 0 Å².